The molecule has 1 rings (SSSR count). The standard InChI is InChI=1S/C16H20O4/c1-5-12-10(4)9(3)7-11(13(12)6-2)8-14(15(17)18)16(19)20/h7-8H,5-6H2,1-4H3,(H,17,18)(H,19,20). The van der Waals surface area contributed by atoms with E-state index in [9.17, 15) is 9.59 Å². The van der Waals surface area contributed by atoms with Crippen molar-refractivity contribution in [2.24, 2.45) is 0 Å². The molecule has 0 fully saturated rings. The Morgan fingerprint density at radius 2 is 1.55 bits per heavy atom. The molecule has 4 heteroatoms. The summed E-state index contributed by atoms with van der Waals surface area (Å²) in [7, 11) is 0. The van der Waals surface area contributed by atoms with Gasteiger partial charge >= 0.3 is 11.9 Å². The fraction of sp³-hybridized carbons (Fsp3) is 0.375. The van der Waals surface area contributed by atoms with Crippen LogP contribution in [0.2, 0.25) is 0 Å². The number of hydrogen-bond acceptors (Lipinski definition) is 2. The van der Waals surface area contributed by atoms with Gasteiger partial charge in [-0.05, 0) is 60.6 Å². The number of carboxylic acids is 2. The molecule has 0 radical (unpaired) electrons. The zero-order valence-electron chi connectivity index (χ0n) is 12.3. The Hall–Kier alpha value is -2.10. The Bertz CT molecular complexity index is 567. The second-order valence-electron chi connectivity index (χ2n) is 4.74. The Morgan fingerprint density at radius 1 is 1.05 bits per heavy atom. The summed E-state index contributed by atoms with van der Waals surface area (Å²) in [5.74, 6) is -2.84. The van der Waals surface area contributed by atoms with E-state index in [-0.39, 0.29) is 0 Å². The summed E-state index contributed by atoms with van der Waals surface area (Å²) >= 11 is 0. The quantitative estimate of drug-likeness (QED) is 0.492. The molecular weight excluding hydrogens is 256 g/mol. The minimum Gasteiger partial charge on any atom is -0.477 e. The van der Waals surface area contributed by atoms with Crippen LogP contribution in [-0.2, 0) is 22.4 Å². The Labute approximate surface area is 118 Å². The Balaban J connectivity index is 3.60. The highest BCUT2D eigenvalue weighted by Gasteiger charge is 2.18. The van der Waals surface area contributed by atoms with Crippen LogP contribution in [-0.4, -0.2) is 22.2 Å². The number of benzene rings is 1. The van der Waals surface area contributed by atoms with Crippen molar-refractivity contribution in [1.82, 2.24) is 0 Å². The summed E-state index contributed by atoms with van der Waals surface area (Å²) in [5, 5.41) is 17.9. The highest BCUT2D eigenvalue weighted by atomic mass is 16.4. The van der Waals surface area contributed by atoms with Gasteiger partial charge in [-0.15, -0.1) is 0 Å². The maximum Gasteiger partial charge on any atom is 0.343 e. The lowest BCUT2D eigenvalue weighted by Gasteiger charge is -2.16. The molecule has 0 aliphatic rings. The lowest BCUT2D eigenvalue weighted by Crippen LogP contribution is -2.11. The third-order valence-corrected chi connectivity index (χ3v) is 3.60. The van der Waals surface area contributed by atoms with Gasteiger partial charge in [0.15, 0.2) is 0 Å². The van der Waals surface area contributed by atoms with Gasteiger partial charge < -0.3 is 10.2 Å². The van der Waals surface area contributed by atoms with Gasteiger partial charge in [0.1, 0.15) is 5.57 Å². The van der Waals surface area contributed by atoms with E-state index < -0.39 is 17.5 Å². The maximum atomic E-state index is 11.0. The van der Waals surface area contributed by atoms with Gasteiger partial charge in [-0.25, -0.2) is 9.59 Å². The minimum absolute atomic E-state index is 0.606. The second kappa shape index (κ2) is 6.37. The molecule has 0 unspecified atom stereocenters. The number of aliphatic carboxylic acids is 2. The summed E-state index contributed by atoms with van der Waals surface area (Å²) in [5.41, 5.74) is 4.51. The lowest BCUT2D eigenvalue weighted by atomic mass is 9.89. The van der Waals surface area contributed by atoms with Crippen LogP contribution in [0.25, 0.3) is 6.08 Å². The first-order valence-corrected chi connectivity index (χ1v) is 6.63. The number of carbonyl (C=O) groups is 2. The molecule has 0 aliphatic carbocycles. The monoisotopic (exact) mass is 276 g/mol. The first-order chi connectivity index (χ1) is 9.33. The molecule has 4 nitrogen and oxygen atoms in total. The van der Waals surface area contributed by atoms with Crippen molar-refractivity contribution < 1.29 is 19.8 Å². The van der Waals surface area contributed by atoms with Crippen LogP contribution in [0.4, 0.5) is 0 Å². The highest BCUT2D eigenvalue weighted by molar-refractivity contribution is 6.16. The van der Waals surface area contributed by atoms with Crippen molar-refractivity contribution >= 4 is 18.0 Å². The topological polar surface area (TPSA) is 74.6 Å². The normalized spacial score (nSPS) is 10.2. The molecule has 0 saturated heterocycles. The van der Waals surface area contributed by atoms with E-state index >= 15 is 0 Å². The van der Waals surface area contributed by atoms with Gasteiger partial charge in [-0.3, -0.25) is 0 Å². The first kappa shape index (κ1) is 16.0. The van der Waals surface area contributed by atoms with Gasteiger partial charge in [-0.2, -0.15) is 0 Å². The van der Waals surface area contributed by atoms with Crippen LogP contribution in [0, 0.1) is 13.8 Å². The average Bonchev–Trinajstić information content (AvgIpc) is 2.38. The van der Waals surface area contributed by atoms with Crippen molar-refractivity contribution in [3.63, 3.8) is 0 Å². The molecule has 0 amide bonds. The van der Waals surface area contributed by atoms with Gasteiger partial charge in [0.2, 0.25) is 0 Å². The summed E-state index contributed by atoms with van der Waals surface area (Å²) < 4.78 is 0. The molecule has 20 heavy (non-hydrogen) atoms. The van der Waals surface area contributed by atoms with E-state index in [4.69, 9.17) is 10.2 Å². The van der Waals surface area contributed by atoms with E-state index in [2.05, 4.69) is 0 Å². The van der Waals surface area contributed by atoms with E-state index in [1.807, 2.05) is 33.8 Å². The summed E-state index contributed by atoms with van der Waals surface area (Å²) in [6, 6.07) is 1.86. The largest absolute Gasteiger partial charge is 0.477 e. The Kier molecular flexibility index (Phi) is 5.08. The second-order valence-corrected chi connectivity index (χ2v) is 4.74. The Morgan fingerprint density at radius 3 is 1.95 bits per heavy atom. The van der Waals surface area contributed by atoms with Gasteiger partial charge in [0.25, 0.3) is 0 Å². The summed E-state index contributed by atoms with van der Waals surface area (Å²) in [6.07, 6.45) is 2.84. The molecule has 0 aliphatic heterocycles. The van der Waals surface area contributed by atoms with Crippen LogP contribution in [0.5, 0.6) is 0 Å². The third-order valence-electron chi connectivity index (χ3n) is 3.60. The van der Waals surface area contributed by atoms with Crippen LogP contribution in [0.3, 0.4) is 0 Å². The van der Waals surface area contributed by atoms with Crippen molar-refractivity contribution in [3.05, 3.63) is 39.5 Å². The van der Waals surface area contributed by atoms with Gasteiger partial charge in [-0.1, -0.05) is 19.9 Å². The number of aryl methyl sites for hydroxylation is 1. The molecule has 1 aromatic rings. The predicted molar refractivity (Wildman–Crippen MR) is 77.9 cm³/mol. The fourth-order valence-corrected chi connectivity index (χ4v) is 2.46. The van der Waals surface area contributed by atoms with Crippen molar-refractivity contribution in [2.75, 3.05) is 0 Å². The first-order valence-electron chi connectivity index (χ1n) is 6.63. The summed E-state index contributed by atoms with van der Waals surface area (Å²) in [4.78, 5) is 22.0. The molecule has 0 bridgehead atoms. The lowest BCUT2D eigenvalue weighted by molar-refractivity contribution is -0.140. The van der Waals surface area contributed by atoms with E-state index in [0.29, 0.717) is 5.56 Å². The minimum atomic E-state index is -1.42. The summed E-state index contributed by atoms with van der Waals surface area (Å²) in [6.45, 7) is 8.02. The molecule has 1 aromatic carbocycles. The molecule has 2 N–H and O–H groups in total. The maximum absolute atomic E-state index is 11.0. The van der Waals surface area contributed by atoms with Crippen LogP contribution < -0.4 is 0 Å². The van der Waals surface area contributed by atoms with Crippen LogP contribution in [0.15, 0.2) is 11.6 Å². The number of carboxylic acid groups (broad SMARTS) is 2. The third kappa shape index (κ3) is 3.07. The number of hydrogen-bond donors (Lipinski definition) is 2. The van der Waals surface area contributed by atoms with E-state index in [0.717, 1.165) is 24.0 Å². The van der Waals surface area contributed by atoms with Crippen LogP contribution in [0.1, 0.15) is 41.7 Å². The molecule has 108 valence electrons. The number of rotatable bonds is 5. The molecular formula is C16H20O4. The van der Waals surface area contributed by atoms with Crippen molar-refractivity contribution in [1.29, 1.82) is 0 Å². The van der Waals surface area contributed by atoms with Gasteiger partial charge in [0, 0.05) is 0 Å². The SMILES string of the molecule is CCc1c(C=C(C(=O)O)C(=O)O)cc(C)c(C)c1CC. The predicted octanol–water partition coefficient (Wildman–Crippen LogP) is 2.98. The molecule has 0 saturated carbocycles. The highest BCUT2D eigenvalue weighted by Crippen LogP contribution is 2.26. The zero-order chi connectivity index (χ0) is 15.4. The van der Waals surface area contributed by atoms with Crippen molar-refractivity contribution in [2.45, 2.75) is 40.5 Å². The fourth-order valence-electron chi connectivity index (χ4n) is 2.46. The van der Waals surface area contributed by atoms with Crippen molar-refractivity contribution in [3.8, 4) is 0 Å². The molecule has 0 spiro atoms. The average molecular weight is 276 g/mol. The zero-order valence-corrected chi connectivity index (χ0v) is 12.3. The molecule has 0 heterocycles. The molecule has 0 atom stereocenters. The van der Waals surface area contributed by atoms with E-state index in [1.54, 1.807) is 0 Å². The van der Waals surface area contributed by atoms with E-state index in [1.165, 1.54) is 17.2 Å². The molecule has 0 aromatic heterocycles. The van der Waals surface area contributed by atoms with Crippen LogP contribution >= 0.6 is 0 Å². The van der Waals surface area contributed by atoms with Gasteiger partial charge in [0.05, 0.1) is 0 Å². The smallest absolute Gasteiger partial charge is 0.343 e.